The van der Waals surface area contributed by atoms with Gasteiger partial charge in [0.15, 0.2) is 0 Å². The van der Waals surface area contributed by atoms with Crippen molar-refractivity contribution in [2.75, 3.05) is 6.54 Å². The monoisotopic (exact) mass is 239 g/mol. The van der Waals surface area contributed by atoms with Crippen LogP contribution in [0.3, 0.4) is 0 Å². The van der Waals surface area contributed by atoms with Crippen molar-refractivity contribution in [3.05, 3.63) is 48.0 Å². The maximum absolute atomic E-state index is 3.68. The molecule has 1 fully saturated rings. The largest absolute Gasteiger partial charge is 0.313 e. The van der Waals surface area contributed by atoms with Crippen LogP contribution in [0.2, 0.25) is 0 Å². The molecule has 1 aliphatic rings. The second-order valence-corrected chi connectivity index (χ2v) is 5.63. The number of hydrogen-bond donors (Lipinski definition) is 1. The Labute approximate surface area is 109 Å². The number of benzene rings is 2. The quantitative estimate of drug-likeness (QED) is 0.841. The highest BCUT2D eigenvalue weighted by atomic mass is 14.9. The van der Waals surface area contributed by atoms with Crippen LogP contribution < -0.4 is 5.32 Å². The summed E-state index contributed by atoms with van der Waals surface area (Å²) in [6.45, 7) is 3.51. The minimum atomic E-state index is 0.659. The standard InChI is InChI=1S/C17H21N/c1-13-9-10-16(18-12-13)11-15-7-4-6-14-5-2-3-8-17(14)15/h2-8,13,16,18H,9-12H2,1H3. The van der Waals surface area contributed by atoms with Crippen LogP contribution in [0.25, 0.3) is 10.8 Å². The zero-order valence-electron chi connectivity index (χ0n) is 11.0. The van der Waals surface area contributed by atoms with Gasteiger partial charge in [-0.25, -0.2) is 0 Å². The second-order valence-electron chi connectivity index (χ2n) is 5.63. The third-order valence-electron chi connectivity index (χ3n) is 4.11. The molecule has 0 aliphatic carbocycles. The Morgan fingerprint density at radius 3 is 2.72 bits per heavy atom. The topological polar surface area (TPSA) is 12.0 Å². The van der Waals surface area contributed by atoms with E-state index in [1.54, 1.807) is 0 Å². The van der Waals surface area contributed by atoms with Gasteiger partial charge in [0.25, 0.3) is 0 Å². The molecule has 0 aromatic heterocycles. The lowest BCUT2D eigenvalue weighted by molar-refractivity contribution is 0.326. The van der Waals surface area contributed by atoms with Crippen molar-refractivity contribution in [2.45, 2.75) is 32.2 Å². The van der Waals surface area contributed by atoms with E-state index in [-0.39, 0.29) is 0 Å². The van der Waals surface area contributed by atoms with Gasteiger partial charge < -0.3 is 5.32 Å². The summed E-state index contributed by atoms with van der Waals surface area (Å²) in [4.78, 5) is 0. The van der Waals surface area contributed by atoms with Crippen molar-refractivity contribution in [2.24, 2.45) is 5.92 Å². The smallest absolute Gasteiger partial charge is 0.0108 e. The molecule has 0 bridgehead atoms. The second kappa shape index (κ2) is 5.11. The van der Waals surface area contributed by atoms with Crippen LogP contribution in [0.5, 0.6) is 0 Å². The average molecular weight is 239 g/mol. The van der Waals surface area contributed by atoms with Crippen LogP contribution in [-0.2, 0) is 6.42 Å². The molecule has 94 valence electrons. The first-order chi connectivity index (χ1) is 8.83. The fourth-order valence-corrected chi connectivity index (χ4v) is 2.97. The molecule has 1 N–H and O–H groups in total. The first-order valence-corrected chi connectivity index (χ1v) is 7.03. The molecule has 3 rings (SSSR count). The molecule has 0 saturated carbocycles. The van der Waals surface area contributed by atoms with Gasteiger partial charge in [-0.3, -0.25) is 0 Å². The van der Waals surface area contributed by atoms with E-state index in [2.05, 4.69) is 54.7 Å². The molecule has 1 heteroatoms. The predicted octanol–water partition coefficient (Wildman–Crippen LogP) is 3.77. The van der Waals surface area contributed by atoms with Crippen molar-refractivity contribution in [3.63, 3.8) is 0 Å². The molecule has 2 aromatic rings. The number of rotatable bonds is 2. The summed E-state index contributed by atoms with van der Waals surface area (Å²) in [5.41, 5.74) is 1.49. The Morgan fingerprint density at radius 1 is 1.06 bits per heavy atom. The maximum atomic E-state index is 3.68. The van der Waals surface area contributed by atoms with Gasteiger partial charge in [-0.15, -0.1) is 0 Å². The van der Waals surface area contributed by atoms with Gasteiger partial charge in [0.2, 0.25) is 0 Å². The van der Waals surface area contributed by atoms with E-state index < -0.39 is 0 Å². The molecule has 2 atom stereocenters. The molecule has 2 aromatic carbocycles. The van der Waals surface area contributed by atoms with Crippen molar-refractivity contribution in [1.82, 2.24) is 5.32 Å². The van der Waals surface area contributed by atoms with Crippen LogP contribution in [0.1, 0.15) is 25.3 Å². The van der Waals surface area contributed by atoms with E-state index in [4.69, 9.17) is 0 Å². The van der Waals surface area contributed by atoms with E-state index >= 15 is 0 Å². The molecular formula is C17H21N. The highest BCUT2D eigenvalue weighted by Gasteiger charge is 2.18. The van der Waals surface area contributed by atoms with E-state index in [1.165, 1.54) is 35.7 Å². The molecular weight excluding hydrogens is 218 g/mol. The van der Waals surface area contributed by atoms with E-state index in [1.807, 2.05) is 0 Å². The zero-order chi connectivity index (χ0) is 12.4. The SMILES string of the molecule is CC1CCC(Cc2cccc3ccccc23)NC1. The molecule has 0 radical (unpaired) electrons. The Morgan fingerprint density at radius 2 is 1.89 bits per heavy atom. The van der Waals surface area contributed by atoms with Gasteiger partial charge >= 0.3 is 0 Å². The van der Waals surface area contributed by atoms with Crippen LogP contribution in [0, 0.1) is 5.92 Å². The molecule has 1 nitrogen and oxygen atoms in total. The molecule has 2 unspecified atom stereocenters. The third-order valence-corrected chi connectivity index (χ3v) is 4.11. The van der Waals surface area contributed by atoms with Crippen molar-refractivity contribution in [1.29, 1.82) is 0 Å². The van der Waals surface area contributed by atoms with E-state index in [9.17, 15) is 0 Å². The molecule has 1 heterocycles. The Balaban J connectivity index is 1.82. The first-order valence-electron chi connectivity index (χ1n) is 7.03. The summed E-state index contributed by atoms with van der Waals surface area (Å²) in [6.07, 6.45) is 3.83. The molecule has 1 saturated heterocycles. The molecule has 1 aliphatic heterocycles. The molecule has 18 heavy (non-hydrogen) atoms. The van der Waals surface area contributed by atoms with Crippen molar-refractivity contribution in [3.8, 4) is 0 Å². The fraction of sp³-hybridized carbons (Fsp3) is 0.412. The van der Waals surface area contributed by atoms with Crippen LogP contribution in [0.4, 0.5) is 0 Å². The maximum Gasteiger partial charge on any atom is 0.0108 e. The normalized spacial score (nSPS) is 24.3. The van der Waals surface area contributed by atoms with Gasteiger partial charge in [0, 0.05) is 6.04 Å². The lowest BCUT2D eigenvalue weighted by Crippen LogP contribution is -2.39. The molecule has 0 spiro atoms. The van der Waals surface area contributed by atoms with Crippen LogP contribution in [-0.4, -0.2) is 12.6 Å². The number of fused-ring (bicyclic) bond motifs is 1. The minimum absolute atomic E-state index is 0.659. The van der Waals surface area contributed by atoms with Crippen LogP contribution in [0.15, 0.2) is 42.5 Å². The number of hydrogen-bond acceptors (Lipinski definition) is 1. The van der Waals surface area contributed by atoms with Crippen molar-refractivity contribution < 1.29 is 0 Å². The predicted molar refractivity (Wildman–Crippen MR) is 77.8 cm³/mol. The summed E-state index contributed by atoms with van der Waals surface area (Å²) < 4.78 is 0. The number of piperidine rings is 1. The fourth-order valence-electron chi connectivity index (χ4n) is 2.97. The Hall–Kier alpha value is -1.34. The summed E-state index contributed by atoms with van der Waals surface area (Å²) in [5.74, 6) is 0.841. The zero-order valence-corrected chi connectivity index (χ0v) is 11.0. The lowest BCUT2D eigenvalue weighted by Gasteiger charge is -2.28. The average Bonchev–Trinajstić information content (AvgIpc) is 2.42. The molecule has 0 amide bonds. The summed E-state index contributed by atoms with van der Waals surface area (Å²) in [7, 11) is 0. The Kier molecular flexibility index (Phi) is 3.33. The van der Waals surface area contributed by atoms with E-state index in [0.29, 0.717) is 6.04 Å². The highest BCUT2D eigenvalue weighted by Crippen LogP contribution is 2.22. The Bertz CT molecular complexity index is 519. The summed E-state index contributed by atoms with van der Waals surface area (Å²) in [6, 6.07) is 16.0. The van der Waals surface area contributed by atoms with Gasteiger partial charge in [0.05, 0.1) is 0 Å². The van der Waals surface area contributed by atoms with Gasteiger partial charge in [-0.2, -0.15) is 0 Å². The lowest BCUT2D eigenvalue weighted by atomic mass is 9.91. The number of nitrogens with one attached hydrogen (secondary N) is 1. The van der Waals surface area contributed by atoms with Gasteiger partial charge in [0.1, 0.15) is 0 Å². The minimum Gasteiger partial charge on any atom is -0.313 e. The third kappa shape index (κ3) is 2.41. The van der Waals surface area contributed by atoms with Gasteiger partial charge in [-0.1, -0.05) is 49.4 Å². The summed E-state index contributed by atoms with van der Waals surface area (Å²) >= 11 is 0. The van der Waals surface area contributed by atoms with Crippen LogP contribution >= 0.6 is 0 Å². The summed E-state index contributed by atoms with van der Waals surface area (Å²) in [5, 5.41) is 6.46. The van der Waals surface area contributed by atoms with Gasteiger partial charge in [-0.05, 0) is 48.1 Å². The highest BCUT2D eigenvalue weighted by molar-refractivity contribution is 5.85. The van der Waals surface area contributed by atoms with E-state index in [0.717, 1.165) is 12.3 Å². The van der Waals surface area contributed by atoms with Crippen molar-refractivity contribution >= 4 is 10.8 Å². The first kappa shape index (κ1) is 11.7.